The van der Waals surface area contributed by atoms with E-state index >= 15 is 0 Å². The molecule has 0 N–H and O–H groups in total. The highest BCUT2D eigenvalue weighted by Gasteiger charge is 2.43. The molecule has 4 aromatic rings. The molecule has 0 radical (unpaired) electrons. The number of nitrogens with zero attached hydrogens (tertiary/aromatic N) is 2. The first-order valence-electron chi connectivity index (χ1n) is 8.95. The summed E-state index contributed by atoms with van der Waals surface area (Å²) in [5, 5.41) is 1.80. The molecule has 28 heavy (non-hydrogen) atoms. The normalized spacial score (nSPS) is 13.0. The van der Waals surface area contributed by atoms with Crippen LogP contribution in [0.4, 0.5) is 4.39 Å². The molecule has 4 nitrogen and oxygen atoms in total. The molecule has 1 heterocycles. The zero-order valence-electron chi connectivity index (χ0n) is 15.4. The topological polar surface area (TPSA) is 43.0 Å². The molecule has 0 aliphatic heterocycles. The number of hydrogen-bond acceptors (Lipinski definition) is 2. The number of aromatic nitrogens is 2. The Kier molecular flexibility index (Phi) is 3.37. The minimum absolute atomic E-state index is 0.226. The molecule has 0 bridgehead atoms. The summed E-state index contributed by atoms with van der Waals surface area (Å²) in [6.07, 6.45) is 0. The van der Waals surface area contributed by atoms with E-state index in [4.69, 9.17) is 0 Å². The molecule has 0 saturated carbocycles. The van der Waals surface area contributed by atoms with Crippen LogP contribution in [0.3, 0.4) is 0 Å². The van der Waals surface area contributed by atoms with Crippen LogP contribution in [0.15, 0.2) is 60.7 Å². The third-order valence-corrected chi connectivity index (χ3v) is 5.45. The van der Waals surface area contributed by atoms with Crippen molar-refractivity contribution in [3.05, 3.63) is 89.0 Å². The number of fused-ring (bicyclic) bond motifs is 3. The lowest BCUT2D eigenvalue weighted by Crippen LogP contribution is -2.39. The second kappa shape index (κ2) is 5.70. The molecule has 0 unspecified atom stereocenters. The first-order chi connectivity index (χ1) is 13.5. The van der Waals surface area contributed by atoms with Gasteiger partial charge in [-0.05, 0) is 35.0 Å². The molecule has 0 amide bonds. The van der Waals surface area contributed by atoms with Crippen LogP contribution in [0.2, 0.25) is 0 Å². The van der Waals surface area contributed by atoms with Gasteiger partial charge in [0.2, 0.25) is 23.0 Å². The second-order valence-corrected chi connectivity index (χ2v) is 7.02. The van der Waals surface area contributed by atoms with Crippen molar-refractivity contribution in [1.82, 2.24) is 4.57 Å². The molecule has 1 aliphatic carbocycles. The van der Waals surface area contributed by atoms with Gasteiger partial charge in [0, 0.05) is 11.1 Å². The maximum Gasteiger partial charge on any atom is 0.292 e. The zero-order chi connectivity index (χ0) is 19.6. The van der Waals surface area contributed by atoms with Crippen LogP contribution < -0.4 is 4.57 Å². The van der Waals surface area contributed by atoms with Crippen molar-refractivity contribution in [2.75, 3.05) is 0 Å². The molecule has 3 aromatic carbocycles. The van der Waals surface area contributed by atoms with E-state index in [1.54, 1.807) is 53.6 Å². The average molecular weight is 371 g/mol. The van der Waals surface area contributed by atoms with Gasteiger partial charge in [0.1, 0.15) is 5.82 Å². The summed E-state index contributed by atoms with van der Waals surface area (Å²) in [4.78, 5) is 26.6. The van der Waals surface area contributed by atoms with Gasteiger partial charge >= 0.3 is 0 Å². The fourth-order valence-corrected chi connectivity index (χ4v) is 4.15. The Morgan fingerprint density at radius 2 is 1.39 bits per heavy atom. The van der Waals surface area contributed by atoms with Crippen LogP contribution in [0, 0.1) is 5.82 Å². The molecule has 1 aromatic heterocycles. The monoisotopic (exact) mass is 371 g/mol. The number of rotatable bonds is 1. The second-order valence-electron chi connectivity index (χ2n) is 7.02. The van der Waals surface area contributed by atoms with Crippen molar-refractivity contribution < 1.29 is 18.5 Å². The van der Waals surface area contributed by atoms with Crippen LogP contribution in [0.25, 0.3) is 22.2 Å². The number of hydrogen-bond donors (Lipinski definition) is 0. The minimum Gasteiger partial charge on any atom is -0.284 e. The lowest BCUT2D eigenvalue weighted by atomic mass is 9.87. The van der Waals surface area contributed by atoms with E-state index in [-0.39, 0.29) is 23.0 Å². The maximum absolute atomic E-state index is 14.4. The Morgan fingerprint density at radius 3 is 2.04 bits per heavy atom. The molecule has 0 spiro atoms. The standard InChI is InChI=1S/C23H16FN2O2/c1-25-19-20(26(2)23(25)15-9-5-6-10-18(15)24)22(28)17-12-14-8-4-3-7-13(14)11-16(17)21(19)27/h3-12H,1-2H3/q+1. The lowest BCUT2D eigenvalue weighted by molar-refractivity contribution is -0.661. The van der Waals surface area contributed by atoms with E-state index in [0.29, 0.717) is 22.5 Å². The van der Waals surface area contributed by atoms with E-state index in [2.05, 4.69) is 0 Å². The highest BCUT2D eigenvalue weighted by Crippen LogP contribution is 2.32. The van der Waals surface area contributed by atoms with Crippen molar-refractivity contribution in [3.8, 4) is 11.4 Å². The molecule has 0 fully saturated rings. The Hall–Kier alpha value is -3.60. The molecule has 5 heteroatoms. The average Bonchev–Trinajstić information content (AvgIpc) is 2.96. The van der Waals surface area contributed by atoms with Crippen LogP contribution >= 0.6 is 0 Å². The summed E-state index contributed by atoms with van der Waals surface area (Å²) < 4.78 is 17.7. The molecule has 5 rings (SSSR count). The van der Waals surface area contributed by atoms with Crippen molar-refractivity contribution in [1.29, 1.82) is 0 Å². The SMILES string of the molecule is Cn1c2c([n+](C)c1-c1ccccc1F)C(=O)c1cc3ccccc3cc1C2=O. The first-order valence-corrected chi connectivity index (χ1v) is 8.95. The van der Waals surface area contributed by atoms with Gasteiger partial charge in [-0.25, -0.2) is 13.5 Å². The molecule has 136 valence electrons. The number of carbonyl (C=O) groups is 2. The van der Waals surface area contributed by atoms with Crippen LogP contribution in [0.5, 0.6) is 0 Å². The number of imidazole rings is 1. The minimum atomic E-state index is -0.404. The van der Waals surface area contributed by atoms with Crippen LogP contribution in [0.1, 0.15) is 32.1 Å². The number of carbonyl (C=O) groups excluding carboxylic acids is 2. The third-order valence-electron chi connectivity index (χ3n) is 5.45. The van der Waals surface area contributed by atoms with Crippen molar-refractivity contribution in [2.24, 2.45) is 14.1 Å². The molecule has 0 atom stereocenters. The van der Waals surface area contributed by atoms with Crippen molar-refractivity contribution in [2.45, 2.75) is 0 Å². The van der Waals surface area contributed by atoms with Gasteiger partial charge in [-0.15, -0.1) is 0 Å². The Morgan fingerprint density at radius 1 is 0.821 bits per heavy atom. The maximum atomic E-state index is 14.4. The zero-order valence-corrected chi connectivity index (χ0v) is 15.4. The van der Waals surface area contributed by atoms with E-state index in [1.807, 2.05) is 24.3 Å². The van der Waals surface area contributed by atoms with Gasteiger partial charge in [0.15, 0.2) is 0 Å². The van der Waals surface area contributed by atoms with E-state index in [1.165, 1.54) is 6.07 Å². The van der Waals surface area contributed by atoms with Crippen LogP contribution in [-0.2, 0) is 14.1 Å². The summed E-state index contributed by atoms with van der Waals surface area (Å²) in [5.41, 5.74) is 1.69. The third kappa shape index (κ3) is 2.07. The van der Waals surface area contributed by atoms with Crippen molar-refractivity contribution >= 4 is 22.3 Å². The van der Waals surface area contributed by atoms with E-state index in [0.717, 1.165) is 10.8 Å². The number of ketones is 2. The van der Waals surface area contributed by atoms with Gasteiger partial charge in [-0.3, -0.25) is 9.59 Å². The predicted octanol–water partition coefficient (Wildman–Crippen LogP) is 3.58. The van der Waals surface area contributed by atoms with Gasteiger partial charge in [-0.1, -0.05) is 36.4 Å². The van der Waals surface area contributed by atoms with E-state index < -0.39 is 5.82 Å². The molecular formula is C23H16FN2O2+. The Balaban J connectivity index is 1.82. The quantitative estimate of drug-likeness (QED) is 0.423. The first kappa shape index (κ1) is 16.6. The van der Waals surface area contributed by atoms with Crippen molar-refractivity contribution in [3.63, 3.8) is 0 Å². The van der Waals surface area contributed by atoms with Gasteiger partial charge in [0.25, 0.3) is 5.82 Å². The summed E-state index contributed by atoms with van der Waals surface area (Å²) in [6.45, 7) is 0. The molecular weight excluding hydrogens is 355 g/mol. The van der Waals surface area contributed by atoms with Gasteiger partial charge < -0.3 is 0 Å². The van der Waals surface area contributed by atoms with E-state index in [9.17, 15) is 14.0 Å². The number of benzene rings is 3. The molecule has 1 aliphatic rings. The lowest BCUT2D eigenvalue weighted by Gasteiger charge is -2.13. The summed E-state index contributed by atoms with van der Waals surface area (Å²) in [7, 11) is 3.38. The Labute approximate surface area is 160 Å². The van der Waals surface area contributed by atoms with Gasteiger partial charge in [-0.2, -0.15) is 0 Å². The molecule has 0 saturated heterocycles. The highest BCUT2D eigenvalue weighted by molar-refractivity contribution is 6.28. The predicted molar refractivity (Wildman–Crippen MR) is 103 cm³/mol. The van der Waals surface area contributed by atoms with Crippen LogP contribution in [-0.4, -0.2) is 16.1 Å². The summed E-state index contributed by atoms with van der Waals surface area (Å²) in [6, 6.07) is 17.5. The highest BCUT2D eigenvalue weighted by atomic mass is 19.1. The Bertz CT molecular complexity index is 1260. The fourth-order valence-electron chi connectivity index (χ4n) is 4.15. The summed E-state index contributed by atoms with van der Waals surface area (Å²) in [5.74, 6) is -0.381. The summed E-state index contributed by atoms with van der Waals surface area (Å²) >= 11 is 0. The fraction of sp³-hybridized carbons (Fsp3) is 0.0870. The van der Waals surface area contributed by atoms with Gasteiger partial charge in [0.05, 0.1) is 19.7 Å². The number of halogens is 1. The largest absolute Gasteiger partial charge is 0.292 e. The smallest absolute Gasteiger partial charge is 0.284 e.